The van der Waals surface area contributed by atoms with E-state index in [2.05, 4.69) is 15.9 Å². The molecule has 0 fully saturated rings. The molecule has 0 saturated carbocycles. The van der Waals surface area contributed by atoms with Gasteiger partial charge in [-0.1, -0.05) is 12.1 Å². The Morgan fingerprint density at radius 2 is 2.07 bits per heavy atom. The Hall–Kier alpha value is 0.370. The average molecular weight is 493 g/mol. The summed E-state index contributed by atoms with van der Waals surface area (Å²) >= 11 is 7.19. The topological polar surface area (TPSA) is 26.3 Å². The minimum absolute atomic E-state index is 0.345. The van der Waals surface area contributed by atoms with E-state index in [9.17, 15) is 4.79 Å². The molecule has 0 bridgehead atoms. The highest BCUT2D eigenvalue weighted by atomic mass is 127. The zero-order valence-corrected chi connectivity index (χ0v) is 13.7. The second-order valence-electron chi connectivity index (χ2n) is 2.78. The van der Waals surface area contributed by atoms with Gasteiger partial charge in [-0.2, -0.15) is 0 Å². The Balaban J connectivity index is 2.80. The monoisotopic (exact) mass is 492 g/mol. The molecule has 0 N–H and O–H groups in total. The molecule has 2 nitrogen and oxygen atoms in total. The minimum atomic E-state index is -0.345. The third-order valence-corrected chi connectivity index (χ3v) is 5.23. The Morgan fingerprint density at radius 1 is 1.40 bits per heavy atom. The number of aryl methyl sites for hydroxylation is 1. The largest absolute Gasteiger partial charge is 0.423 e. The molecule has 0 aromatic heterocycles. The molecule has 1 aromatic carbocycles. The molecule has 0 heterocycles. The number of ether oxygens (including phenoxy) is 1. The van der Waals surface area contributed by atoms with E-state index < -0.39 is 0 Å². The molecule has 0 aliphatic rings. The van der Waals surface area contributed by atoms with Crippen LogP contribution in [-0.2, 0) is 4.79 Å². The average Bonchev–Trinajstić information content (AvgIpc) is 2.16. The van der Waals surface area contributed by atoms with E-state index in [4.69, 9.17) is 4.74 Å². The van der Waals surface area contributed by atoms with Crippen LogP contribution in [0.1, 0.15) is 5.56 Å². The molecule has 0 amide bonds. The summed E-state index contributed by atoms with van der Waals surface area (Å²) in [5.74, 6) is 0.224. The number of benzene rings is 1. The summed E-state index contributed by atoms with van der Waals surface area (Å²) in [6.07, 6.45) is 0. The van der Waals surface area contributed by atoms with Crippen LogP contribution < -0.4 is 4.74 Å². The van der Waals surface area contributed by atoms with Crippen LogP contribution in [0, 0.1) is 6.92 Å². The van der Waals surface area contributed by atoms with Crippen LogP contribution in [0.3, 0.4) is 0 Å². The first-order valence-electron chi connectivity index (χ1n) is 4.00. The van der Waals surface area contributed by atoms with Crippen LogP contribution in [0.25, 0.3) is 0 Å². The van der Waals surface area contributed by atoms with Gasteiger partial charge in [-0.3, -0.25) is 0 Å². The van der Waals surface area contributed by atoms with Crippen LogP contribution in [-0.4, -0.2) is 5.97 Å². The molecule has 0 atom stereocenters. The lowest BCUT2D eigenvalue weighted by Crippen LogP contribution is -2.07. The van der Waals surface area contributed by atoms with E-state index in [1.165, 1.54) is 0 Å². The Bertz CT molecular complexity index is 412. The molecule has 1 aromatic rings. The van der Waals surface area contributed by atoms with E-state index in [1.54, 1.807) is 6.07 Å². The lowest BCUT2D eigenvalue weighted by Gasteiger charge is -2.04. The van der Waals surface area contributed by atoms with Gasteiger partial charge in [0.05, 0.1) is 2.49 Å². The zero-order chi connectivity index (χ0) is 11.4. The van der Waals surface area contributed by atoms with Crippen molar-refractivity contribution in [3.63, 3.8) is 0 Å². The quantitative estimate of drug-likeness (QED) is 0.266. The van der Waals surface area contributed by atoms with E-state index in [0.29, 0.717) is 9.33 Å². The highest BCUT2D eigenvalue weighted by Crippen LogP contribution is 2.26. The fourth-order valence-electron chi connectivity index (χ4n) is 0.908. The van der Waals surface area contributed by atoms with Crippen molar-refractivity contribution >= 4 is 67.1 Å². The van der Waals surface area contributed by atoms with Crippen molar-refractivity contribution in [1.29, 1.82) is 0 Å². The van der Waals surface area contributed by atoms with Gasteiger partial charge in [0.2, 0.25) is 0 Å². The van der Waals surface area contributed by atoms with Gasteiger partial charge in [-0.05, 0) is 85.7 Å². The summed E-state index contributed by atoms with van der Waals surface area (Å²) in [6, 6.07) is 7.39. The van der Waals surface area contributed by atoms with Gasteiger partial charge in [0.15, 0.2) is 0 Å². The predicted molar refractivity (Wildman–Crippen MR) is 80.8 cm³/mol. The fraction of sp³-hybridized carbons (Fsp3) is 0.100. The van der Waals surface area contributed by atoms with Gasteiger partial charge in [0, 0.05) is 0 Å². The maximum absolute atomic E-state index is 11.5. The number of esters is 1. The third kappa shape index (κ3) is 4.39. The SMILES string of the molecule is Cc1cccc(OC(=O)/C(I)=C(/Br)I)c1. The van der Waals surface area contributed by atoms with E-state index >= 15 is 0 Å². The van der Waals surface area contributed by atoms with Crippen LogP contribution in [0.4, 0.5) is 0 Å². The molecule has 0 aliphatic carbocycles. The van der Waals surface area contributed by atoms with Gasteiger partial charge >= 0.3 is 5.97 Å². The number of rotatable bonds is 2. The van der Waals surface area contributed by atoms with Crippen molar-refractivity contribution in [2.45, 2.75) is 6.92 Å². The van der Waals surface area contributed by atoms with Crippen LogP contribution in [0.5, 0.6) is 5.75 Å². The molecule has 0 saturated heterocycles. The first kappa shape index (κ1) is 13.4. The first-order chi connectivity index (χ1) is 7.00. The normalized spacial score (nSPS) is 12.0. The fourth-order valence-corrected chi connectivity index (χ4v) is 1.40. The summed E-state index contributed by atoms with van der Waals surface area (Å²) in [4.78, 5) is 11.5. The van der Waals surface area contributed by atoms with Crippen LogP contribution in [0.15, 0.2) is 30.3 Å². The van der Waals surface area contributed by atoms with Gasteiger partial charge in [-0.15, -0.1) is 0 Å². The zero-order valence-electron chi connectivity index (χ0n) is 7.76. The summed E-state index contributed by atoms with van der Waals surface area (Å²) in [6.45, 7) is 1.95. The lowest BCUT2D eigenvalue weighted by atomic mass is 10.2. The summed E-state index contributed by atoms with van der Waals surface area (Å²) in [5.41, 5.74) is 1.06. The molecule has 5 heteroatoms. The van der Waals surface area contributed by atoms with Crippen molar-refractivity contribution in [3.8, 4) is 5.75 Å². The second kappa shape index (κ2) is 6.19. The molecular formula is C10H7BrI2O2. The molecule has 15 heavy (non-hydrogen) atoms. The number of hydrogen-bond acceptors (Lipinski definition) is 2. The summed E-state index contributed by atoms with van der Waals surface area (Å²) in [7, 11) is 0. The molecule has 80 valence electrons. The standard InChI is InChI=1S/C10H7BrI2O2/c1-6-3-2-4-7(5-6)15-10(14)8(12)9(11)13/h2-5H,1H3/b9-8+. The van der Waals surface area contributed by atoms with Crippen molar-refractivity contribution in [2.24, 2.45) is 0 Å². The summed E-state index contributed by atoms with van der Waals surface area (Å²) < 4.78 is 6.46. The van der Waals surface area contributed by atoms with E-state index in [1.807, 2.05) is 70.3 Å². The van der Waals surface area contributed by atoms with Gasteiger partial charge in [0.1, 0.15) is 9.33 Å². The van der Waals surface area contributed by atoms with Crippen LogP contribution >= 0.6 is 61.1 Å². The molecular weight excluding hydrogens is 486 g/mol. The van der Waals surface area contributed by atoms with Gasteiger partial charge in [0.25, 0.3) is 0 Å². The highest BCUT2D eigenvalue weighted by molar-refractivity contribution is 14.1. The van der Waals surface area contributed by atoms with Gasteiger partial charge < -0.3 is 4.74 Å². The van der Waals surface area contributed by atoms with Gasteiger partial charge in [-0.25, -0.2) is 4.79 Å². The Kier molecular flexibility index (Phi) is 5.54. The number of hydrogen-bond donors (Lipinski definition) is 0. The molecule has 0 unspecified atom stereocenters. The Labute approximate surface area is 124 Å². The van der Waals surface area contributed by atoms with Crippen LogP contribution in [0.2, 0.25) is 0 Å². The maximum Gasteiger partial charge on any atom is 0.351 e. The number of carbonyl (C=O) groups excluding carboxylic acids is 1. The Morgan fingerprint density at radius 3 is 2.60 bits per heavy atom. The molecule has 0 spiro atoms. The summed E-state index contributed by atoms with van der Waals surface area (Å²) in [5, 5.41) is 0. The lowest BCUT2D eigenvalue weighted by molar-refractivity contribution is -0.129. The molecule has 0 radical (unpaired) electrons. The van der Waals surface area contributed by atoms with Crippen molar-refractivity contribution in [3.05, 3.63) is 35.9 Å². The predicted octanol–water partition coefficient (Wildman–Crippen LogP) is 4.33. The smallest absolute Gasteiger partial charge is 0.351 e. The molecule has 0 aliphatic heterocycles. The van der Waals surface area contributed by atoms with E-state index in [-0.39, 0.29) is 5.97 Å². The first-order valence-corrected chi connectivity index (χ1v) is 6.95. The second-order valence-corrected chi connectivity index (χ2v) is 7.21. The van der Waals surface area contributed by atoms with Crippen molar-refractivity contribution < 1.29 is 9.53 Å². The molecule has 1 rings (SSSR count). The number of carbonyl (C=O) groups is 1. The van der Waals surface area contributed by atoms with Crippen molar-refractivity contribution in [2.75, 3.05) is 0 Å². The van der Waals surface area contributed by atoms with Crippen molar-refractivity contribution in [1.82, 2.24) is 0 Å². The number of halogens is 3. The maximum atomic E-state index is 11.5. The minimum Gasteiger partial charge on any atom is -0.423 e. The third-order valence-electron chi connectivity index (χ3n) is 1.55. The highest BCUT2D eigenvalue weighted by Gasteiger charge is 2.11. The van der Waals surface area contributed by atoms with E-state index in [0.717, 1.165) is 8.05 Å².